The van der Waals surface area contributed by atoms with E-state index >= 15 is 0 Å². The third-order valence-electron chi connectivity index (χ3n) is 4.66. The molecule has 3 rings (SSSR count). The summed E-state index contributed by atoms with van der Waals surface area (Å²) >= 11 is 0. The summed E-state index contributed by atoms with van der Waals surface area (Å²) in [4.78, 5) is 14.2. The van der Waals surface area contributed by atoms with E-state index in [0.717, 1.165) is 38.0 Å². The third-order valence-corrected chi connectivity index (χ3v) is 4.66. The van der Waals surface area contributed by atoms with Crippen molar-refractivity contribution in [1.29, 1.82) is 0 Å². The van der Waals surface area contributed by atoms with Gasteiger partial charge in [0.15, 0.2) is 0 Å². The molecule has 3 atom stereocenters. The number of fused-ring (bicyclic) bond motifs is 2. The Kier molecular flexibility index (Phi) is 3.34. The quantitative estimate of drug-likeness (QED) is 0.737. The number of carbonyl (C=O) groups is 1. The number of carbonyl (C=O) groups excluding carboxylic acids is 1. The minimum atomic E-state index is 0.240. The van der Waals surface area contributed by atoms with Gasteiger partial charge in [-0.15, -0.1) is 0 Å². The van der Waals surface area contributed by atoms with E-state index in [1.54, 1.807) is 0 Å². The Bertz CT molecular complexity index is 288. The van der Waals surface area contributed by atoms with Crippen LogP contribution >= 0.6 is 0 Å². The number of rotatable bonds is 3. The van der Waals surface area contributed by atoms with E-state index in [1.165, 1.54) is 25.7 Å². The van der Waals surface area contributed by atoms with Crippen molar-refractivity contribution in [3.05, 3.63) is 0 Å². The van der Waals surface area contributed by atoms with Crippen molar-refractivity contribution in [2.45, 2.75) is 31.7 Å². The van der Waals surface area contributed by atoms with Gasteiger partial charge in [-0.05, 0) is 31.1 Å². The molecule has 2 aliphatic carbocycles. The molecule has 1 saturated heterocycles. The summed E-state index contributed by atoms with van der Waals surface area (Å²) in [6.07, 6.45) is 5.33. The SMILES string of the molecule is O=C(CN1CCNCC1)NC1C[C@@H]2CC[C@H]1C2. The molecule has 0 radical (unpaired) electrons. The van der Waals surface area contributed by atoms with Crippen molar-refractivity contribution >= 4 is 5.91 Å². The van der Waals surface area contributed by atoms with Gasteiger partial charge >= 0.3 is 0 Å². The summed E-state index contributed by atoms with van der Waals surface area (Å²) in [5.74, 6) is 1.93. The van der Waals surface area contributed by atoms with Crippen molar-refractivity contribution in [3.63, 3.8) is 0 Å². The molecule has 4 nitrogen and oxygen atoms in total. The van der Waals surface area contributed by atoms with Crippen LogP contribution in [0.1, 0.15) is 25.7 Å². The molecule has 3 fully saturated rings. The molecule has 1 heterocycles. The van der Waals surface area contributed by atoms with E-state index in [2.05, 4.69) is 15.5 Å². The Labute approximate surface area is 103 Å². The van der Waals surface area contributed by atoms with Crippen LogP contribution in [0, 0.1) is 11.8 Å². The molecule has 3 aliphatic rings. The van der Waals surface area contributed by atoms with Gasteiger partial charge in [0.25, 0.3) is 0 Å². The van der Waals surface area contributed by atoms with Crippen molar-refractivity contribution < 1.29 is 4.79 Å². The van der Waals surface area contributed by atoms with Gasteiger partial charge in [-0.2, -0.15) is 0 Å². The van der Waals surface area contributed by atoms with Gasteiger partial charge in [0.05, 0.1) is 6.54 Å². The summed E-state index contributed by atoms with van der Waals surface area (Å²) in [7, 11) is 0. The summed E-state index contributed by atoms with van der Waals surface area (Å²) in [6.45, 7) is 4.63. The fraction of sp³-hybridized carbons (Fsp3) is 0.923. The smallest absolute Gasteiger partial charge is 0.234 e. The lowest BCUT2D eigenvalue weighted by molar-refractivity contribution is -0.123. The van der Waals surface area contributed by atoms with Gasteiger partial charge in [0, 0.05) is 32.2 Å². The Hall–Kier alpha value is -0.610. The largest absolute Gasteiger partial charge is 0.352 e. The Morgan fingerprint density at radius 1 is 1.24 bits per heavy atom. The average Bonchev–Trinajstić information content (AvgIpc) is 2.92. The minimum Gasteiger partial charge on any atom is -0.352 e. The van der Waals surface area contributed by atoms with E-state index in [-0.39, 0.29) is 5.91 Å². The molecule has 17 heavy (non-hydrogen) atoms. The second-order valence-electron chi connectivity index (χ2n) is 5.88. The molecule has 2 bridgehead atoms. The highest BCUT2D eigenvalue weighted by molar-refractivity contribution is 5.78. The Morgan fingerprint density at radius 2 is 2.06 bits per heavy atom. The second kappa shape index (κ2) is 4.94. The first kappa shape index (κ1) is 11.5. The van der Waals surface area contributed by atoms with Gasteiger partial charge in [-0.1, -0.05) is 6.42 Å². The van der Waals surface area contributed by atoms with Gasteiger partial charge in [-0.25, -0.2) is 0 Å². The van der Waals surface area contributed by atoms with Crippen molar-refractivity contribution in [3.8, 4) is 0 Å². The first-order valence-electron chi connectivity index (χ1n) is 7.03. The maximum atomic E-state index is 12.0. The van der Waals surface area contributed by atoms with Crippen LogP contribution in [-0.4, -0.2) is 49.6 Å². The number of hydrogen-bond donors (Lipinski definition) is 2. The lowest BCUT2D eigenvalue weighted by Crippen LogP contribution is -2.49. The predicted octanol–water partition coefficient (Wildman–Crippen LogP) is 0.196. The summed E-state index contributed by atoms with van der Waals surface area (Å²) in [5.41, 5.74) is 0. The van der Waals surface area contributed by atoms with Gasteiger partial charge in [0.1, 0.15) is 0 Å². The standard InChI is InChI=1S/C13H23N3O/c17-13(9-16-5-3-14-4-6-16)15-12-8-10-1-2-11(12)7-10/h10-12,14H,1-9H2,(H,15,17)/t10-,11+,12?/m1/s1. The van der Waals surface area contributed by atoms with Crippen molar-refractivity contribution in [2.24, 2.45) is 11.8 Å². The van der Waals surface area contributed by atoms with Crippen LogP contribution in [0.25, 0.3) is 0 Å². The molecule has 1 unspecified atom stereocenters. The van der Waals surface area contributed by atoms with Crippen LogP contribution in [0.15, 0.2) is 0 Å². The molecule has 0 spiro atoms. The molecule has 2 saturated carbocycles. The number of nitrogens with zero attached hydrogens (tertiary/aromatic N) is 1. The van der Waals surface area contributed by atoms with Crippen LogP contribution in [0.3, 0.4) is 0 Å². The highest BCUT2D eigenvalue weighted by atomic mass is 16.2. The number of piperazine rings is 1. The number of nitrogens with one attached hydrogen (secondary N) is 2. The number of hydrogen-bond acceptors (Lipinski definition) is 3. The van der Waals surface area contributed by atoms with Crippen molar-refractivity contribution in [2.75, 3.05) is 32.7 Å². The third kappa shape index (κ3) is 2.63. The first-order valence-corrected chi connectivity index (χ1v) is 7.03. The zero-order valence-electron chi connectivity index (χ0n) is 10.5. The lowest BCUT2D eigenvalue weighted by Gasteiger charge is -2.28. The highest BCUT2D eigenvalue weighted by Gasteiger charge is 2.40. The molecule has 0 aromatic heterocycles. The van der Waals surface area contributed by atoms with Gasteiger partial charge in [0.2, 0.25) is 5.91 Å². The van der Waals surface area contributed by atoms with Crippen LogP contribution in [0.4, 0.5) is 0 Å². The zero-order valence-corrected chi connectivity index (χ0v) is 10.5. The zero-order chi connectivity index (χ0) is 11.7. The molecule has 4 heteroatoms. The fourth-order valence-corrected chi connectivity index (χ4v) is 3.75. The van der Waals surface area contributed by atoms with Gasteiger partial charge in [-0.3, -0.25) is 9.69 Å². The summed E-state index contributed by atoms with van der Waals surface area (Å²) in [6, 6.07) is 0.490. The van der Waals surface area contributed by atoms with E-state index < -0.39 is 0 Å². The first-order chi connectivity index (χ1) is 8.31. The predicted molar refractivity (Wildman–Crippen MR) is 66.7 cm³/mol. The summed E-state index contributed by atoms with van der Waals surface area (Å²) < 4.78 is 0. The highest BCUT2D eigenvalue weighted by Crippen LogP contribution is 2.44. The lowest BCUT2D eigenvalue weighted by atomic mass is 9.95. The van der Waals surface area contributed by atoms with Gasteiger partial charge < -0.3 is 10.6 Å². The van der Waals surface area contributed by atoms with Crippen LogP contribution in [-0.2, 0) is 4.79 Å². The van der Waals surface area contributed by atoms with Crippen molar-refractivity contribution in [1.82, 2.24) is 15.5 Å². The second-order valence-corrected chi connectivity index (χ2v) is 5.88. The van der Waals surface area contributed by atoms with Crippen LogP contribution in [0.2, 0.25) is 0 Å². The minimum absolute atomic E-state index is 0.240. The van der Waals surface area contributed by atoms with Crippen LogP contribution in [0.5, 0.6) is 0 Å². The van der Waals surface area contributed by atoms with E-state index in [0.29, 0.717) is 12.6 Å². The maximum Gasteiger partial charge on any atom is 0.234 e. The summed E-state index contributed by atoms with van der Waals surface area (Å²) in [5, 5.41) is 6.57. The fourth-order valence-electron chi connectivity index (χ4n) is 3.75. The van der Waals surface area contributed by atoms with E-state index in [9.17, 15) is 4.79 Å². The normalized spacial score (nSPS) is 37.3. The average molecular weight is 237 g/mol. The molecule has 0 aromatic rings. The molecule has 0 aromatic carbocycles. The molecule has 1 amide bonds. The topological polar surface area (TPSA) is 44.4 Å². The Balaban J connectivity index is 1.44. The number of amides is 1. The molecular formula is C13H23N3O. The molecule has 96 valence electrons. The van der Waals surface area contributed by atoms with E-state index in [4.69, 9.17) is 0 Å². The molecule has 1 aliphatic heterocycles. The van der Waals surface area contributed by atoms with Crippen LogP contribution < -0.4 is 10.6 Å². The molecule has 2 N–H and O–H groups in total. The monoisotopic (exact) mass is 237 g/mol. The van der Waals surface area contributed by atoms with E-state index in [1.807, 2.05) is 0 Å². The maximum absolute atomic E-state index is 12.0. The Morgan fingerprint density at radius 3 is 2.71 bits per heavy atom. The molecular weight excluding hydrogens is 214 g/mol.